The summed E-state index contributed by atoms with van der Waals surface area (Å²) in [7, 11) is 1.32. The van der Waals surface area contributed by atoms with Crippen molar-refractivity contribution in [3.63, 3.8) is 0 Å². The van der Waals surface area contributed by atoms with Crippen molar-refractivity contribution in [3.8, 4) is 5.75 Å². The first-order valence-electron chi connectivity index (χ1n) is 4.67. The summed E-state index contributed by atoms with van der Waals surface area (Å²) in [4.78, 5) is 22.6. The minimum absolute atomic E-state index is 0.00131. The first kappa shape index (κ1) is 11.1. The fourth-order valence-corrected chi connectivity index (χ4v) is 2.21. The van der Waals surface area contributed by atoms with Crippen LogP contribution in [-0.4, -0.2) is 25.5 Å². The second-order valence-electron chi connectivity index (χ2n) is 3.44. The van der Waals surface area contributed by atoms with Crippen molar-refractivity contribution in [2.45, 2.75) is 6.42 Å². The molecule has 0 amide bonds. The van der Waals surface area contributed by atoms with Crippen LogP contribution in [0.25, 0.3) is 0 Å². The zero-order valence-electron chi connectivity index (χ0n) is 8.58. The molecule has 4 nitrogen and oxygen atoms in total. The van der Waals surface area contributed by atoms with Crippen LogP contribution in [0.3, 0.4) is 0 Å². The molecule has 0 spiro atoms. The molecule has 16 heavy (non-hydrogen) atoms. The number of halogens is 1. The van der Waals surface area contributed by atoms with Gasteiger partial charge in [0.1, 0.15) is 12.4 Å². The number of hydrogen-bond acceptors (Lipinski definition) is 4. The molecule has 0 fully saturated rings. The number of benzene rings is 1. The summed E-state index contributed by atoms with van der Waals surface area (Å²) in [5.74, 6) is 0.204. The van der Waals surface area contributed by atoms with Gasteiger partial charge in [-0.15, -0.1) is 0 Å². The third-order valence-corrected chi connectivity index (χ3v) is 2.90. The van der Waals surface area contributed by atoms with Crippen molar-refractivity contribution in [1.82, 2.24) is 0 Å². The Morgan fingerprint density at radius 3 is 2.94 bits per heavy atom. The van der Waals surface area contributed by atoms with Crippen LogP contribution >= 0.6 is 15.9 Å². The summed E-state index contributed by atoms with van der Waals surface area (Å²) in [6, 6.07) is 3.25. The van der Waals surface area contributed by atoms with Gasteiger partial charge in [0.25, 0.3) is 0 Å². The van der Waals surface area contributed by atoms with E-state index in [1.807, 2.05) is 0 Å². The van der Waals surface area contributed by atoms with Crippen LogP contribution in [0, 0.1) is 0 Å². The Balaban J connectivity index is 2.47. The smallest absolute Gasteiger partial charge is 0.337 e. The number of ketones is 1. The van der Waals surface area contributed by atoms with Gasteiger partial charge in [0.2, 0.25) is 0 Å². The Morgan fingerprint density at radius 1 is 1.50 bits per heavy atom. The van der Waals surface area contributed by atoms with Crippen LogP contribution in [-0.2, 0) is 16.0 Å². The van der Waals surface area contributed by atoms with Gasteiger partial charge in [-0.1, -0.05) is 0 Å². The van der Waals surface area contributed by atoms with Gasteiger partial charge >= 0.3 is 5.97 Å². The zero-order valence-corrected chi connectivity index (χ0v) is 10.2. The lowest BCUT2D eigenvalue weighted by Crippen LogP contribution is -2.21. The number of Topliss-reactive ketones (excluding diaryl/α,β-unsaturated/α-hetero) is 1. The Bertz CT molecular complexity index is 467. The number of esters is 1. The molecule has 0 aromatic heterocycles. The van der Waals surface area contributed by atoms with Crippen molar-refractivity contribution in [1.29, 1.82) is 0 Å². The number of ether oxygens (including phenoxy) is 2. The molecule has 0 radical (unpaired) electrons. The van der Waals surface area contributed by atoms with Crippen LogP contribution < -0.4 is 4.74 Å². The molecule has 5 heteroatoms. The third-order valence-electron chi connectivity index (χ3n) is 2.31. The van der Waals surface area contributed by atoms with Gasteiger partial charge in [-0.25, -0.2) is 4.79 Å². The fourth-order valence-electron chi connectivity index (χ4n) is 1.60. The van der Waals surface area contributed by atoms with Crippen LogP contribution in [0.15, 0.2) is 16.6 Å². The van der Waals surface area contributed by atoms with Crippen LogP contribution in [0.5, 0.6) is 5.75 Å². The lowest BCUT2D eigenvalue weighted by atomic mass is 10.0. The van der Waals surface area contributed by atoms with Gasteiger partial charge in [0.05, 0.1) is 17.1 Å². The van der Waals surface area contributed by atoms with E-state index >= 15 is 0 Å². The predicted octanol–water partition coefficient (Wildman–Crippen LogP) is 1.74. The zero-order chi connectivity index (χ0) is 11.7. The highest BCUT2D eigenvalue weighted by Crippen LogP contribution is 2.33. The molecule has 0 unspecified atom stereocenters. The fraction of sp³-hybridized carbons (Fsp3) is 0.273. The van der Waals surface area contributed by atoms with Gasteiger partial charge < -0.3 is 9.47 Å². The van der Waals surface area contributed by atoms with E-state index in [0.29, 0.717) is 27.8 Å². The highest BCUT2D eigenvalue weighted by Gasteiger charge is 2.21. The summed E-state index contributed by atoms with van der Waals surface area (Å²) < 4.78 is 10.6. The molecular weight excluding hydrogens is 276 g/mol. The van der Waals surface area contributed by atoms with E-state index in [-0.39, 0.29) is 12.4 Å². The van der Waals surface area contributed by atoms with E-state index in [1.54, 1.807) is 12.1 Å². The standard InChI is InChI=1S/C11H9BrO4/c1-15-11(14)7-2-6-3-8(13)5-16-10(6)9(12)4-7/h2,4H,3,5H2,1H3. The maximum absolute atomic E-state index is 11.4. The first-order valence-corrected chi connectivity index (χ1v) is 5.46. The summed E-state index contributed by atoms with van der Waals surface area (Å²) >= 11 is 3.31. The minimum Gasteiger partial charge on any atom is -0.484 e. The van der Waals surface area contributed by atoms with Gasteiger partial charge in [0, 0.05) is 12.0 Å². The van der Waals surface area contributed by atoms with E-state index in [2.05, 4.69) is 20.7 Å². The van der Waals surface area contributed by atoms with Crippen molar-refractivity contribution in [2.24, 2.45) is 0 Å². The van der Waals surface area contributed by atoms with Crippen molar-refractivity contribution in [2.75, 3.05) is 13.7 Å². The van der Waals surface area contributed by atoms with Crippen molar-refractivity contribution in [3.05, 3.63) is 27.7 Å². The maximum Gasteiger partial charge on any atom is 0.337 e. The second-order valence-corrected chi connectivity index (χ2v) is 4.30. The number of fused-ring (bicyclic) bond motifs is 1. The average Bonchev–Trinajstić information content (AvgIpc) is 2.27. The van der Waals surface area contributed by atoms with Crippen molar-refractivity contribution >= 4 is 27.7 Å². The summed E-state index contributed by atoms with van der Waals surface area (Å²) in [5, 5.41) is 0. The molecule has 0 bridgehead atoms. The van der Waals surface area contributed by atoms with Crippen molar-refractivity contribution < 1.29 is 19.1 Å². The summed E-state index contributed by atoms with van der Waals surface area (Å²) in [6.07, 6.45) is 0.290. The quantitative estimate of drug-likeness (QED) is 0.737. The van der Waals surface area contributed by atoms with E-state index in [0.717, 1.165) is 0 Å². The van der Waals surface area contributed by atoms with Gasteiger partial charge in [0.15, 0.2) is 5.78 Å². The van der Waals surface area contributed by atoms with Gasteiger partial charge in [-0.05, 0) is 28.1 Å². The van der Waals surface area contributed by atoms with Crippen LogP contribution in [0.1, 0.15) is 15.9 Å². The monoisotopic (exact) mass is 284 g/mol. The van der Waals surface area contributed by atoms with E-state index in [9.17, 15) is 9.59 Å². The Hall–Kier alpha value is -1.36. The molecule has 0 N–H and O–H groups in total. The summed E-state index contributed by atoms with van der Waals surface area (Å²) in [5.41, 5.74) is 1.12. The topological polar surface area (TPSA) is 52.6 Å². The van der Waals surface area contributed by atoms with Gasteiger partial charge in [-0.3, -0.25) is 4.79 Å². The third kappa shape index (κ3) is 1.95. The maximum atomic E-state index is 11.4. The number of hydrogen-bond donors (Lipinski definition) is 0. The average molecular weight is 285 g/mol. The van der Waals surface area contributed by atoms with Gasteiger partial charge in [-0.2, -0.15) is 0 Å². The molecule has 84 valence electrons. The summed E-state index contributed by atoms with van der Waals surface area (Å²) in [6.45, 7) is 0.0865. The molecule has 2 rings (SSSR count). The highest BCUT2D eigenvalue weighted by atomic mass is 79.9. The normalized spacial score (nSPS) is 14.0. The number of rotatable bonds is 1. The molecule has 0 aliphatic carbocycles. The predicted molar refractivity (Wildman–Crippen MR) is 59.7 cm³/mol. The molecule has 1 aliphatic rings. The molecule has 1 aromatic rings. The molecule has 1 aliphatic heterocycles. The Labute approximate surface area is 101 Å². The molecule has 0 atom stereocenters. The molecule has 1 aromatic carbocycles. The number of carbonyl (C=O) groups excluding carboxylic acids is 2. The minimum atomic E-state index is -0.429. The number of methoxy groups -OCH3 is 1. The Kier molecular flexibility index (Phi) is 2.96. The second kappa shape index (κ2) is 4.25. The van der Waals surface area contributed by atoms with Crippen LogP contribution in [0.2, 0.25) is 0 Å². The lowest BCUT2D eigenvalue weighted by molar-refractivity contribution is -0.121. The molecule has 0 saturated heterocycles. The largest absolute Gasteiger partial charge is 0.484 e. The van der Waals surface area contributed by atoms with E-state index in [1.165, 1.54) is 7.11 Å². The molecule has 0 saturated carbocycles. The van der Waals surface area contributed by atoms with E-state index in [4.69, 9.17) is 4.74 Å². The lowest BCUT2D eigenvalue weighted by Gasteiger charge is -2.18. The highest BCUT2D eigenvalue weighted by molar-refractivity contribution is 9.10. The first-order chi connectivity index (χ1) is 7.61. The van der Waals surface area contributed by atoms with Crippen LogP contribution in [0.4, 0.5) is 0 Å². The molecular formula is C11H9BrO4. The number of carbonyl (C=O) groups is 2. The Morgan fingerprint density at radius 2 is 2.25 bits per heavy atom. The van der Waals surface area contributed by atoms with E-state index < -0.39 is 5.97 Å². The molecule has 1 heterocycles. The SMILES string of the molecule is COC(=O)c1cc(Br)c2c(c1)CC(=O)CO2.